The molecule has 2 N–H and O–H groups in total. The van der Waals surface area contributed by atoms with E-state index in [0.29, 0.717) is 0 Å². The minimum Gasteiger partial charge on any atom is -0.351 e. The first kappa shape index (κ1) is 10.8. The van der Waals surface area contributed by atoms with Crippen molar-refractivity contribution in [3.63, 3.8) is 0 Å². The Labute approximate surface area is 64.9 Å². The van der Waals surface area contributed by atoms with Gasteiger partial charge in [-0.1, -0.05) is 12.2 Å². The molecule has 0 rings (SSSR count). The molecule has 0 saturated heterocycles. The fraction of sp³-hybridized carbons (Fsp3) is 0.600. The van der Waals surface area contributed by atoms with E-state index in [1.165, 1.54) is 0 Å². The number of hydrogen-bond acceptors (Lipinski definition) is 3. The first-order chi connectivity index (χ1) is 4.92. The maximum Gasteiger partial charge on any atom is 0.471 e. The van der Waals surface area contributed by atoms with Crippen LogP contribution in [-0.2, 0) is 13.8 Å². The van der Waals surface area contributed by atoms with Crippen molar-refractivity contribution < 1.29 is 23.6 Å². The minimum atomic E-state index is -4.38. The molecular formula is C5H11O5P. The summed E-state index contributed by atoms with van der Waals surface area (Å²) in [6, 6.07) is 0. The summed E-state index contributed by atoms with van der Waals surface area (Å²) in [4.78, 5) is 16.3. The molecule has 0 bridgehead atoms. The van der Waals surface area contributed by atoms with Crippen LogP contribution in [0.4, 0.5) is 0 Å². The molecule has 11 heavy (non-hydrogen) atoms. The van der Waals surface area contributed by atoms with Gasteiger partial charge in [0.05, 0.1) is 6.61 Å². The molecule has 0 radical (unpaired) electrons. The summed E-state index contributed by atoms with van der Waals surface area (Å²) in [6.07, 6.45) is 0. The van der Waals surface area contributed by atoms with Crippen molar-refractivity contribution in [2.24, 2.45) is 0 Å². The van der Waals surface area contributed by atoms with Gasteiger partial charge in [-0.25, -0.2) is 4.57 Å². The van der Waals surface area contributed by atoms with Crippen LogP contribution < -0.4 is 0 Å². The molecule has 0 aromatic carbocycles. The lowest BCUT2D eigenvalue weighted by Crippen LogP contribution is -2.00. The zero-order valence-electron chi connectivity index (χ0n) is 6.19. The smallest absolute Gasteiger partial charge is 0.351 e. The second-order valence-electron chi connectivity index (χ2n) is 2.04. The van der Waals surface area contributed by atoms with E-state index >= 15 is 0 Å². The number of rotatable bonds is 5. The molecule has 5 nitrogen and oxygen atoms in total. The van der Waals surface area contributed by atoms with Crippen LogP contribution in [0.1, 0.15) is 6.92 Å². The van der Waals surface area contributed by atoms with Gasteiger partial charge < -0.3 is 14.5 Å². The van der Waals surface area contributed by atoms with E-state index in [4.69, 9.17) is 9.79 Å². The summed E-state index contributed by atoms with van der Waals surface area (Å²) < 4.78 is 18.7. The van der Waals surface area contributed by atoms with Gasteiger partial charge in [0.25, 0.3) is 0 Å². The summed E-state index contributed by atoms with van der Waals surface area (Å²) >= 11 is 0. The second-order valence-corrected chi connectivity index (χ2v) is 3.28. The summed E-state index contributed by atoms with van der Waals surface area (Å²) in [7, 11) is -4.38. The zero-order chi connectivity index (χ0) is 8.91. The SMILES string of the molecule is C=C(C)COCOP(=O)(O)O. The summed E-state index contributed by atoms with van der Waals surface area (Å²) in [5, 5.41) is 0. The van der Waals surface area contributed by atoms with Crippen LogP contribution in [0.2, 0.25) is 0 Å². The molecule has 0 amide bonds. The van der Waals surface area contributed by atoms with Crippen LogP contribution in [-0.4, -0.2) is 23.2 Å². The lowest BCUT2D eigenvalue weighted by Gasteiger charge is -2.05. The van der Waals surface area contributed by atoms with Gasteiger partial charge in [-0.05, 0) is 6.92 Å². The molecule has 66 valence electrons. The lowest BCUT2D eigenvalue weighted by molar-refractivity contribution is 0.00871. The third-order valence-electron chi connectivity index (χ3n) is 0.653. The molecule has 0 aliphatic carbocycles. The first-order valence-corrected chi connectivity index (χ1v) is 4.37. The van der Waals surface area contributed by atoms with Gasteiger partial charge >= 0.3 is 7.82 Å². The topological polar surface area (TPSA) is 76.0 Å². The molecule has 0 aromatic rings. The largest absolute Gasteiger partial charge is 0.471 e. The standard InChI is InChI=1S/C5H11O5P/c1-5(2)3-9-4-10-11(6,7)8/h1,3-4H2,2H3,(H2,6,7,8). The number of ether oxygens (including phenoxy) is 1. The molecule has 0 atom stereocenters. The molecule has 0 unspecified atom stereocenters. The fourth-order valence-electron chi connectivity index (χ4n) is 0.322. The van der Waals surface area contributed by atoms with Crippen molar-refractivity contribution in [1.82, 2.24) is 0 Å². The van der Waals surface area contributed by atoms with Crippen molar-refractivity contribution >= 4 is 7.82 Å². The van der Waals surface area contributed by atoms with E-state index in [1.54, 1.807) is 6.92 Å². The van der Waals surface area contributed by atoms with Crippen molar-refractivity contribution in [1.29, 1.82) is 0 Å². The van der Waals surface area contributed by atoms with Gasteiger partial charge in [0.1, 0.15) is 0 Å². The molecule has 0 heterocycles. The normalized spacial score (nSPS) is 11.5. The molecule has 0 aliphatic heterocycles. The van der Waals surface area contributed by atoms with E-state index in [9.17, 15) is 4.57 Å². The third-order valence-corrected chi connectivity index (χ3v) is 1.09. The predicted molar refractivity (Wildman–Crippen MR) is 38.8 cm³/mol. The quantitative estimate of drug-likeness (QED) is 0.282. The van der Waals surface area contributed by atoms with Crippen LogP contribution in [0.15, 0.2) is 12.2 Å². The van der Waals surface area contributed by atoms with E-state index in [2.05, 4.69) is 15.8 Å². The van der Waals surface area contributed by atoms with Gasteiger partial charge in [0.15, 0.2) is 6.79 Å². The summed E-state index contributed by atoms with van der Waals surface area (Å²) in [6.45, 7) is 5.06. The van der Waals surface area contributed by atoms with Gasteiger partial charge in [0, 0.05) is 0 Å². The highest BCUT2D eigenvalue weighted by Gasteiger charge is 2.12. The Bertz CT molecular complexity index is 172. The Kier molecular flexibility index (Phi) is 4.56. The molecule has 0 aliphatic rings. The van der Waals surface area contributed by atoms with Crippen LogP contribution in [0.5, 0.6) is 0 Å². The zero-order valence-corrected chi connectivity index (χ0v) is 7.08. The van der Waals surface area contributed by atoms with Crippen molar-refractivity contribution in [2.45, 2.75) is 6.92 Å². The molecule has 6 heteroatoms. The number of hydrogen-bond donors (Lipinski definition) is 2. The van der Waals surface area contributed by atoms with Gasteiger partial charge in [0.2, 0.25) is 0 Å². The highest BCUT2D eigenvalue weighted by atomic mass is 31.2. The highest BCUT2D eigenvalue weighted by Crippen LogP contribution is 2.35. The number of phosphoric acid groups is 1. The van der Waals surface area contributed by atoms with Crippen LogP contribution >= 0.6 is 7.82 Å². The summed E-state index contributed by atoms with van der Waals surface area (Å²) in [5.74, 6) is 0. The van der Waals surface area contributed by atoms with Crippen molar-refractivity contribution in [3.05, 3.63) is 12.2 Å². The third kappa shape index (κ3) is 9.81. The molecule has 0 fully saturated rings. The van der Waals surface area contributed by atoms with Crippen LogP contribution in [0, 0.1) is 0 Å². The maximum absolute atomic E-state index is 10.0. The van der Waals surface area contributed by atoms with E-state index in [0.717, 1.165) is 5.57 Å². The van der Waals surface area contributed by atoms with Gasteiger partial charge in [-0.2, -0.15) is 0 Å². The monoisotopic (exact) mass is 182 g/mol. The predicted octanol–water partition coefficient (Wildman–Crippen LogP) is 0.646. The summed E-state index contributed by atoms with van der Waals surface area (Å²) in [5.41, 5.74) is 0.763. The Hall–Kier alpha value is -0.190. The average molecular weight is 182 g/mol. The Morgan fingerprint density at radius 2 is 2.18 bits per heavy atom. The van der Waals surface area contributed by atoms with Crippen molar-refractivity contribution in [2.75, 3.05) is 13.4 Å². The van der Waals surface area contributed by atoms with Gasteiger partial charge in [-0.3, -0.25) is 4.52 Å². The molecule has 0 saturated carbocycles. The highest BCUT2D eigenvalue weighted by molar-refractivity contribution is 7.46. The molecule has 0 spiro atoms. The first-order valence-electron chi connectivity index (χ1n) is 2.84. The van der Waals surface area contributed by atoms with Crippen LogP contribution in [0.25, 0.3) is 0 Å². The van der Waals surface area contributed by atoms with E-state index in [-0.39, 0.29) is 6.61 Å². The van der Waals surface area contributed by atoms with Crippen LogP contribution in [0.3, 0.4) is 0 Å². The Morgan fingerprint density at radius 1 is 1.64 bits per heavy atom. The molecular weight excluding hydrogens is 171 g/mol. The Balaban J connectivity index is 3.29. The second kappa shape index (κ2) is 4.64. The maximum atomic E-state index is 10.0. The van der Waals surface area contributed by atoms with Crippen molar-refractivity contribution in [3.8, 4) is 0 Å². The van der Waals surface area contributed by atoms with E-state index in [1.807, 2.05) is 0 Å². The Morgan fingerprint density at radius 3 is 2.55 bits per heavy atom. The lowest BCUT2D eigenvalue weighted by atomic mass is 10.4. The van der Waals surface area contributed by atoms with Gasteiger partial charge in [-0.15, -0.1) is 0 Å². The molecule has 0 aromatic heterocycles. The number of phosphoric ester groups is 1. The average Bonchev–Trinajstić information content (AvgIpc) is 1.78. The van der Waals surface area contributed by atoms with E-state index < -0.39 is 14.6 Å². The minimum absolute atomic E-state index is 0.236. The fourth-order valence-corrected chi connectivity index (χ4v) is 0.534.